The molecule has 1 rings (SSSR count). The lowest BCUT2D eigenvalue weighted by Gasteiger charge is -1.91. The molecule has 0 saturated heterocycles. The lowest BCUT2D eigenvalue weighted by molar-refractivity contribution is 0.178. The van der Waals surface area contributed by atoms with Gasteiger partial charge in [0.1, 0.15) is 5.76 Å². The third-order valence-corrected chi connectivity index (χ3v) is 1.24. The molecule has 0 aromatic carbocycles. The Balaban J connectivity index is 2.25. The molecule has 1 aromatic heterocycles. The largest absolute Gasteiger partial charge is 0.465 e. The fourth-order valence-electron chi connectivity index (χ4n) is 0.736. The van der Waals surface area contributed by atoms with Gasteiger partial charge in [0.2, 0.25) is 0 Å². The number of ether oxygens (including phenoxy) is 1. The van der Waals surface area contributed by atoms with Crippen LogP contribution in [0, 0.1) is 0 Å². The summed E-state index contributed by atoms with van der Waals surface area (Å²) in [4.78, 5) is 0. The third-order valence-electron chi connectivity index (χ3n) is 1.24. The molecule has 2 nitrogen and oxygen atoms in total. The van der Waals surface area contributed by atoms with Crippen molar-refractivity contribution >= 4 is 6.08 Å². The predicted molar refractivity (Wildman–Crippen MR) is 44.2 cm³/mol. The first-order valence-electron chi connectivity index (χ1n) is 3.71. The smallest absolute Gasteiger partial charge is 0.126 e. The second-order valence-corrected chi connectivity index (χ2v) is 2.08. The number of hydrogen-bond donors (Lipinski definition) is 0. The minimum atomic E-state index is 0.650. The van der Waals surface area contributed by atoms with Crippen LogP contribution in [0.4, 0.5) is 0 Å². The average molecular weight is 152 g/mol. The van der Waals surface area contributed by atoms with Crippen LogP contribution in [0.5, 0.6) is 0 Å². The number of rotatable bonds is 4. The van der Waals surface area contributed by atoms with Gasteiger partial charge in [-0.1, -0.05) is 6.08 Å². The molecular weight excluding hydrogens is 140 g/mol. The molecule has 0 atom stereocenters. The van der Waals surface area contributed by atoms with E-state index >= 15 is 0 Å². The Bertz CT molecular complexity index is 199. The van der Waals surface area contributed by atoms with Gasteiger partial charge in [-0.2, -0.15) is 0 Å². The van der Waals surface area contributed by atoms with Crippen LogP contribution < -0.4 is 0 Å². The Labute approximate surface area is 66.5 Å². The second kappa shape index (κ2) is 4.74. The van der Waals surface area contributed by atoms with Crippen molar-refractivity contribution in [3.8, 4) is 0 Å². The van der Waals surface area contributed by atoms with Gasteiger partial charge in [0.05, 0.1) is 12.9 Å². The zero-order valence-corrected chi connectivity index (χ0v) is 6.62. The van der Waals surface area contributed by atoms with Crippen LogP contribution in [-0.2, 0) is 4.74 Å². The molecule has 0 aliphatic carbocycles. The monoisotopic (exact) mass is 152 g/mol. The van der Waals surface area contributed by atoms with Gasteiger partial charge in [-0.3, -0.25) is 0 Å². The van der Waals surface area contributed by atoms with Gasteiger partial charge < -0.3 is 9.15 Å². The summed E-state index contributed by atoms with van der Waals surface area (Å²) >= 11 is 0. The van der Waals surface area contributed by atoms with E-state index in [1.54, 1.807) is 6.26 Å². The van der Waals surface area contributed by atoms with E-state index in [1.165, 1.54) is 0 Å². The van der Waals surface area contributed by atoms with E-state index in [0.717, 1.165) is 12.4 Å². The van der Waals surface area contributed by atoms with Crippen LogP contribution in [0.3, 0.4) is 0 Å². The molecule has 0 fully saturated rings. The van der Waals surface area contributed by atoms with Crippen LogP contribution in [0.2, 0.25) is 0 Å². The van der Waals surface area contributed by atoms with Crippen molar-refractivity contribution < 1.29 is 9.15 Å². The number of hydrogen-bond acceptors (Lipinski definition) is 2. The fourth-order valence-corrected chi connectivity index (χ4v) is 0.736. The van der Waals surface area contributed by atoms with Crippen LogP contribution in [0.25, 0.3) is 6.08 Å². The Morgan fingerprint density at radius 1 is 1.64 bits per heavy atom. The van der Waals surface area contributed by atoms with Crippen molar-refractivity contribution in [2.75, 3.05) is 13.2 Å². The summed E-state index contributed by atoms with van der Waals surface area (Å²) in [5, 5.41) is 0. The molecule has 0 N–H and O–H groups in total. The molecule has 0 amide bonds. The maximum atomic E-state index is 5.10. The highest BCUT2D eigenvalue weighted by Gasteiger charge is 1.85. The minimum Gasteiger partial charge on any atom is -0.465 e. The number of furan rings is 1. The van der Waals surface area contributed by atoms with Crippen LogP contribution >= 0.6 is 0 Å². The van der Waals surface area contributed by atoms with E-state index in [4.69, 9.17) is 9.15 Å². The highest BCUT2D eigenvalue weighted by Crippen LogP contribution is 2.01. The van der Waals surface area contributed by atoms with Gasteiger partial charge in [-0.15, -0.1) is 0 Å². The van der Waals surface area contributed by atoms with Gasteiger partial charge in [-0.25, -0.2) is 0 Å². The average Bonchev–Trinajstić information content (AvgIpc) is 2.50. The normalized spacial score (nSPS) is 11.0. The van der Waals surface area contributed by atoms with Gasteiger partial charge >= 0.3 is 0 Å². The molecule has 0 saturated carbocycles. The van der Waals surface area contributed by atoms with E-state index < -0.39 is 0 Å². The lowest BCUT2D eigenvalue weighted by atomic mass is 10.4. The molecule has 2 heteroatoms. The highest BCUT2D eigenvalue weighted by atomic mass is 16.5. The first-order chi connectivity index (χ1) is 5.43. The van der Waals surface area contributed by atoms with E-state index in [0.29, 0.717) is 6.61 Å². The van der Waals surface area contributed by atoms with Crippen molar-refractivity contribution in [2.24, 2.45) is 0 Å². The van der Waals surface area contributed by atoms with Crippen molar-refractivity contribution in [3.05, 3.63) is 30.2 Å². The SMILES string of the molecule is CCOC/C=C\c1ccco1. The van der Waals surface area contributed by atoms with E-state index in [9.17, 15) is 0 Å². The summed E-state index contributed by atoms with van der Waals surface area (Å²) in [5.74, 6) is 0.865. The highest BCUT2D eigenvalue weighted by molar-refractivity contribution is 5.41. The van der Waals surface area contributed by atoms with Crippen molar-refractivity contribution in [1.82, 2.24) is 0 Å². The topological polar surface area (TPSA) is 22.4 Å². The van der Waals surface area contributed by atoms with Crippen LogP contribution in [0.15, 0.2) is 28.9 Å². The molecule has 11 heavy (non-hydrogen) atoms. The molecule has 1 aromatic rings. The Morgan fingerprint density at radius 2 is 2.55 bits per heavy atom. The van der Waals surface area contributed by atoms with Gasteiger partial charge in [0, 0.05) is 6.61 Å². The van der Waals surface area contributed by atoms with Gasteiger partial charge in [0.25, 0.3) is 0 Å². The molecule has 0 aliphatic heterocycles. The second-order valence-electron chi connectivity index (χ2n) is 2.08. The Hall–Kier alpha value is -1.02. The summed E-state index contributed by atoms with van der Waals surface area (Å²) in [6.07, 6.45) is 5.48. The molecule has 0 bridgehead atoms. The summed E-state index contributed by atoms with van der Waals surface area (Å²) in [7, 11) is 0. The predicted octanol–water partition coefficient (Wildman–Crippen LogP) is 2.33. The molecule has 1 heterocycles. The first-order valence-corrected chi connectivity index (χ1v) is 3.71. The van der Waals surface area contributed by atoms with Crippen molar-refractivity contribution in [3.63, 3.8) is 0 Å². The zero-order valence-electron chi connectivity index (χ0n) is 6.62. The zero-order chi connectivity index (χ0) is 7.94. The van der Waals surface area contributed by atoms with E-state index in [1.807, 2.05) is 31.2 Å². The van der Waals surface area contributed by atoms with E-state index in [-0.39, 0.29) is 0 Å². The van der Waals surface area contributed by atoms with Crippen LogP contribution in [-0.4, -0.2) is 13.2 Å². The fraction of sp³-hybridized carbons (Fsp3) is 0.333. The third kappa shape index (κ3) is 3.05. The maximum Gasteiger partial charge on any atom is 0.126 e. The van der Waals surface area contributed by atoms with Gasteiger partial charge in [-0.05, 0) is 25.1 Å². The molecule has 0 aliphatic rings. The molecular formula is C9H12O2. The van der Waals surface area contributed by atoms with Gasteiger partial charge in [0.15, 0.2) is 0 Å². The maximum absolute atomic E-state index is 5.10. The van der Waals surface area contributed by atoms with Crippen LogP contribution in [0.1, 0.15) is 12.7 Å². The van der Waals surface area contributed by atoms with E-state index in [2.05, 4.69) is 0 Å². The van der Waals surface area contributed by atoms with Crippen molar-refractivity contribution in [2.45, 2.75) is 6.92 Å². The lowest BCUT2D eigenvalue weighted by Crippen LogP contribution is -1.87. The quantitative estimate of drug-likeness (QED) is 0.618. The summed E-state index contributed by atoms with van der Waals surface area (Å²) in [5.41, 5.74) is 0. The Kier molecular flexibility index (Phi) is 3.48. The standard InChI is InChI=1S/C9H12O2/c1-2-10-7-3-5-9-6-4-8-11-9/h3-6,8H,2,7H2,1H3/b5-3-. The summed E-state index contributed by atoms with van der Waals surface area (Å²) < 4.78 is 10.2. The summed E-state index contributed by atoms with van der Waals surface area (Å²) in [6.45, 7) is 3.38. The molecule has 60 valence electrons. The Morgan fingerprint density at radius 3 is 3.18 bits per heavy atom. The molecule has 0 radical (unpaired) electrons. The van der Waals surface area contributed by atoms with Crippen molar-refractivity contribution in [1.29, 1.82) is 0 Å². The first kappa shape index (κ1) is 8.08. The molecule has 0 unspecified atom stereocenters. The summed E-state index contributed by atoms with van der Waals surface area (Å²) in [6, 6.07) is 3.77. The minimum absolute atomic E-state index is 0.650. The molecule has 0 spiro atoms.